The second-order valence-corrected chi connectivity index (χ2v) is 7.69. The Morgan fingerprint density at radius 1 is 1.08 bits per heavy atom. The maximum Gasteiger partial charge on any atom is 0.471 e. The highest BCUT2D eigenvalue weighted by molar-refractivity contribution is 7.89. The predicted octanol–water partition coefficient (Wildman–Crippen LogP) is 1.71. The smallest absolute Gasteiger partial charge is 0.471 e. The second-order valence-electron chi connectivity index (χ2n) is 5.78. The lowest BCUT2D eigenvalue weighted by molar-refractivity contribution is -0.186. The van der Waals surface area contributed by atoms with E-state index in [2.05, 4.69) is 0 Å². The number of nitrogens with zero attached hydrogens (tertiary/aromatic N) is 2. The van der Waals surface area contributed by atoms with Crippen molar-refractivity contribution in [2.45, 2.75) is 24.9 Å². The van der Waals surface area contributed by atoms with E-state index in [0.717, 1.165) is 15.4 Å². The lowest BCUT2D eigenvalue weighted by atomic mass is 10.1. The van der Waals surface area contributed by atoms with Gasteiger partial charge in [0, 0.05) is 26.2 Å². The van der Waals surface area contributed by atoms with E-state index in [1.54, 1.807) is 13.0 Å². The first kappa shape index (κ1) is 19.5. The summed E-state index contributed by atoms with van der Waals surface area (Å²) >= 11 is 0. The average molecular weight is 380 g/mol. The maximum absolute atomic E-state index is 12.8. The predicted molar refractivity (Wildman–Crippen MR) is 83.9 cm³/mol. The number of sulfonamides is 1. The second kappa shape index (κ2) is 6.83. The molecule has 0 saturated carbocycles. The van der Waals surface area contributed by atoms with Crippen molar-refractivity contribution >= 4 is 15.9 Å². The van der Waals surface area contributed by atoms with Gasteiger partial charge in [-0.15, -0.1) is 0 Å². The minimum atomic E-state index is -4.96. The molecule has 0 aromatic heterocycles. The zero-order valence-corrected chi connectivity index (χ0v) is 14.9. The summed E-state index contributed by atoms with van der Waals surface area (Å²) in [5.41, 5.74) is 1.61. The Bertz CT molecular complexity index is 770. The molecule has 1 fully saturated rings. The van der Waals surface area contributed by atoms with Gasteiger partial charge in [0.2, 0.25) is 10.0 Å². The molecule has 0 N–H and O–H groups in total. The summed E-state index contributed by atoms with van der Waals surface area (Å²) in [6.07, 6.45) is -4.96. The molecule has 1 amide bonds. The molecule has 1 aliphatic rings. The zero-order chi connectivity index (χ0) is 19.0. The summed E-state index contributed by atoms with van der Waals surface area (Å²) in [6.45, 7) is 2.53. The van der Waals surface area contributed by atoms with Gasteiger partial charge in [0.15, 0.2) is 0 Å². The first-order valence-electron chi connectivity index (χ1n) is 7.50. The molecule has 1 aromatic rings. The van der Waals surface area contributed by atoms with Crippen LogP contribution in [0.15, 0.2) is 17.0 Å². The summed E-state index contributed by atoms with van der Waals surface area (Å²) < 4.78 is 69.3. The number of hydrogen-bond acceptors (Lipinski definition) is 4. The Kier molecular flexibility index (Phi) is 5.33. The van der Waals surface area contributed by atoms with Crippen molar-refractivity contribution in [3.63, 3.8) is 0 Å². The number of methoxy groups -OCH3 is 1. The third kappa shape index (κ3) is 3.90. The van der Waals surface area contributed by atoms with Gasteiger partial charge < -0.3 is 9.64 Å². The highest BCUT2D eigenvalue weighted by Gasteiger charge is 2.44. The van der Waals surface area contributed by atoms with Gasteiger partial charge in [-0.1, -0.05) is 0 Å². The molecule has 10 heteroatoms. The number of carbonyl (C=O) groups is 1. The number of piperazine rings is 1. The van der Waals surface area contributed by atoms with E-state index >= 15 is 0 Å². The summed E-state index contributed by atoms with van der Waals surface area (Å²) in [6, 6.07) is 3.09. The van der Waals surface area contributed by atoms with E-state index in [-0.39, 0.29) is 36.8 Å². The number of hydrogen-bond donors (Lipinski definition) is 0. The van der Waals surface area contributed by atoms with Crippen LogP contribution in [0.5, 0.6) is 5.75 Å². The molecule has 25 heavy (non-hydrogen) atoms. The fraction of sp³-hybridized carbons (Fsp3) is 0.533. The zero-order valence-electron chi connectivity index (χ0n) is 14.1. The lowest BCUT2D eigenvalue weighted by Crippen LogP contribution is -2.53. The van der Waals surface area contributed by atoms with Crippen LogP contribution in [0.3, 0.4) is 0 Å². The van der Waals surface area contributed by atoms with Gasteiger partial charge in [-0.05, 0) is 37.1 Å². The third-order valence-corrected chi connectivity index (χ3v) is 6.09. The van der Waals surface area contributed by atoms with E-state index < -0.39 is 22.1 Å². The first-order valence-corrected chi connectivity index (χ1v) is 8.94. The van der Waals surface area contributed by atoms with Gasteiger partial charge in [-0.25, -0.2) is 8.42 Å². The van der Waals surface area contributed by atoms with Gasteiger partial charge >= 0.3 is 12.1 Å². The molecule has 1 aromatic carbocycles. The molecular formula is C15H19F3N2O4S. The Morgan fingerprint density at radius 2 is 1.60 bits per heavy atom. The minimum absolute atomic E-state index is 0.0336. The number of amides is 1. The van der Waals surface area contributed by atoms with E-state index in [9.17, 15) is 26.4 Å². The Hall–Kier alpha value is -1.81. The van der Waals surface area contributed by atoms with Crippen molar-refractivity contribution in [1.82, 2.24) is 9.21 Å². The largest absolute Gasteiger partial charge is 0.495 e. The number of halogens is 3. The molecule has 1 heterocycles. The third-order valence-electron chi connectivity index (χ3n) is 4.17. The van der Waals surface area contributed by atoms with Crippen molar-refractivity contribution in [2.24, 2.45) is 0 Å². The molecule has 1 saturated heterocycles. The lowest BCUT2D eigenvalue weighted by Gasteiger charge is -2.34. The average Bonchev–Trinajstić information content (AvgIpc) is 2.55. The maximum atomic E-state index is 12.8. The van der Waals surface area contributed by atoms with Crippen LogP contribution in [-0.2, 0) is 14.8 Å². The van der Waals surface area contributed by atoms with E-state index in [1.165, 1.54) is 13.2 Å². The standard InChI is InChI=1S/C15H19F3N2O4S/c1-10-8-12(24-3)13(9-11(10)2)25(22,23)20-6-4-19(5-7-20)14(21)15(16,17)18/h8-9H,4-7H2,1-3H3. The van der Waals surface area contributed by atoms with Crippen LogP contribution < -0.4 is 4.74 Å². The van der Waals surface area contributed by atoms with E-state index in [1.807, 2.05) is 6.92 Å². The van der Waals surface area contributed by atoms with Crippen molar-refractivity contribution in [1.29, 1.82) is 0 Å². The molecule has 2 rings (SSSR count). The van der Waals surface area contributed by atoms with E-state index in [4.69, 9.17) is 4.74 Å². The first-order chi connectivity index (χ1) is 11.5. The molecule has 0 unspecified atom stereocenters. The molecule has 0 atom stereocenters. The van der Waals surface area contributed by atoms with Crippen LogP contribution in [-0.4, -0.2) is 63.0 Å². The fourth-order valence-electron chi connectivity index (χ4n) is 2.57. The minimum Gasteiger partial charge on any atom is -0.495 e. The fourth-order valence-corrected chi connectivity index (χ4v) is 4.22. The van der Waals surface area contributed by atoms with Crippen LogP contribution >= 0.6 is 0 Å². The number of alkyl halides is 3. The van der Waals surface area contributed by atoms with Crippen LogP contribution in [0, 0.1) is 13.8 Å². The van der Waals surface area contributed by atoms with E-state index in [0.29, 0.717) is 4.90 Å². The normalized spacial score (nSPS) is 16.8. The molecule has 0 spiro atoms. The summed E-state index contributed by atoms with van der Waals surface area (Å²) in [5.74, 6) is -1.77. The number of benzene rings is 1. The van der Waals surface area contributed by atoms with Gasteiger partial charge in [0.1, 0.15) is 10.6 Å². The molecule has 0 radical (unpaired) electrons. The summed E-state index contributed by atoms with van der Waals surface area (Å²) in [4.78, 5) is 11.8. The number of aryl methyl sites for hydroxylation is 2. The van der Waals surface area contributed by atoms with Gasteiger partial charge in [0.25, 0.3) is 0 Å². The van der Waals surface area contributed by atoms with Crippen molar-refractivity contribution in [3.8, 4) is 5.75 Å². The summed E-state index contributed by atoms with van der Waals surface area (Å²) in [5, 5.41) is 0. The van der Waals surface area contributed by atoms with Crippen LogP contribution in [0.4, 0.5) is 13.2 Å². The van der Waals surface area contributed by atoms with Gasteiger partial charge in [-0.3, -0.25) is 4.79 Å². The van der Waals surface area contributed by atoms with Crippen molar-refractivity contribution < 1.29 is 31.1 Å². The highest BCUT2D eigenvalue weighted by Crippen LogP contribution is 2.30. The number of ether oxygens (including phenoxy) is 1. The van der Waals surface area contributed by atoms with Crippen LogP contribution in [0.1, 0.15) is 11.1 Å². The van der Waals surface area contributed by atoms with Gasteiger partial charge in [0.05, 0.1) is 7.11 Å². The summed E-state index contributed by atoms with van der Waals surface area (Å²) in [7, 11) is -2.59. The highest BCUT2D eigenvalue weighted by atomic mass is 32.2. The molecular weight excluding hydrogens is 361 g/mol. The molecule has 140 valence electrons. The van der Waals surface area contributed by atoms with Crippen molar-refractivity contribution in [3.05, 3.63) is 23.3 Å². The Labute approximate surface area is 144 Å². The number of carbonyl (C=O) groups excluding carboxylic acids is 1. The Morgan fingerprint density at radius 3 is 2.08 bits per heavy atom. The quantitative estimate of drug-likeness (QED) is 0.801. The van der Waals surface area contributed by atoms with Crippen LogP contribution in [0.2, 0.25) is 0 Å². The Balaban J connectivity index is 2.23. The number of rotatable bonds is 3. The van der Waals surface area contributed by atoms with Crippen LogP contribution in [0.25, 0.3) is 0 Å². The monoisotopic (exact) mass is 380 g/mol. The SMILES string of the molecule is COc1cc(C)c(C)cc1S(=O)(=O)N1CCN(C(=O)C(F)(F)F)CC1. The molecule has 0 aliphatic carbocycles. The topological polar surface area (TPSA) is 66.9 Å². The molecule has 1 aliphatic heterocycles. The van der Waals surface area contributed by atoms with Crippen molar-refractivity contribution in [2.75, 3.05) is 33.3 Å². The molecule has 6 nitrogen and oxygen atoms in total. The molecule has 0 bridgehead atoms. The van der Waals surface area contributed by atoms with Gasteiger partial charge in [-0.2, -0.15) is 17.5 Å².